The van der Waals surface area contributed by atoms with Crippen molar-refractivity contribution in [3.63, 3.8) is 0 Å². The number of hydrogen-bond acceptors (Lipinski definition) is 5. The average molecular weight is 411 g/mol. The SMILES string of the molecule is Cc1cc2nc3c(=O)[nH]c(=O)nc-3n(CC(O)Cc3cccc(Cl)c3)c2cc1C. The van der Waals surface area contributed by atoms with Gasteiger partial charge in [0.05, 0.1) is 23.7 Å². The molecule has 0 amide bonds. The Morgan fingerprint density at radius 3 is 2.66 bits per heavy atom. The fraction of sp³-hybridized carbons (Fsp3) is 0.238. The van der Waals surface area contributed by atoms with Crippen molar-refractivity contribution in [2.75, 3.05) is 0 Å². The van der Waals surface area contributed by atoms with E-state index in [9.17, 15) is 14.7 Å². The van der Waals surface area contributed by atoms with Crippen LogP contribution in [-0.4, -0.2) is 30.7 Å². The maximum Gasteiger partial charge on any atom is 0.349 e. The second kappa shape index (κ2) is 7.42. The molecule has 29 heavy (non-hydrogen) atoms. The number of H-pyrrole nitrogens is 1. The number of aromatic nitrogens is 4. The summed E-state index contributed by atoms with van der Waals surface area (Å²) in [4.78, 5) is 34.7. The van der Waals surface area contributed by atoms with Crippen molar-refractivity contribution < 1.29 is 5.11 Å². The van der Waals surface area contributed by atoms with Crippen LogP contribution in [0.5, 0.6) is 0 Å². The number of halogens is 1. The third-order valence-corrected chi connectivity index (χ3v) is 5.21. The van der Waals surface area contributed by atoms with E-state index < -0.39 is 17.4 Å². The van der Waals surface area contributed by atoms with Crippen molar-refractivity contribution in [3.8, 4) is 11.5 Å². The van der Waals surface area contributed by atoms with Gasteiger partial charge in [0, 0.05) is 11.4 Å². The molecular weight excluding hydrogens is 392 g/mol. The maximum absolute atomic E-state index is 12.3. The molecular formula is C21H19ClN4O3. The van der Waals surface area contributed by atoms with Crippen LogP contribution in [0.1, 0.15) is 16.7 Å². The minimum Gasteiger partial charge on any atom is -0.391 e. The summed E-state index contributed by atoms with van der Waals surface area (Å²) in [5, 5.41) is 11.3. The van der Waals surface area contributed by atoms with E-state index in [0.29, 0.717) is 22.5 Å². The Morgan fingerprint density at radius 2 is 1.90 bits per heavy atom. The lowest BCUT2D eigenvalue weighted by atomic mass is 10.1. The zero-order valence-corrected chi connectivity index (χ0v) is 16.7. The quantitative estimate of drug-likeness (QED) is 0.503. The second-order valence-corrected chi connectivity index (χ2v) is 7.62. The maximum atomic E-state index is 12.3. The number of aliphatic hydroxyl groups excluding tert-OH is 1. The lowest BCUT2D eigenvalue weighted by Crippen LogP contribution is -2.30. The van der Waals surface area contributed by atoms with Crippen molar-refractivity contribution in [3.05, 3.63) is 78.9 Å². The highest BCUT2D eigenvalue weighted by Gasteiger charge is 2.21. The standard InChI is InChI=1S/C21H19ClN4O3/c1-11-6-16-17(7-12(11)2)26(19-18(23-16)20(28)25-21(29)24-19)10-15(27)9-13-4-3-5-14(22)8-13/h3-8,15,27H,9-10H2,1-2H3,(H,25,28,29). The second-order valence-electron chi connectivity index (χ2n) is 7.18. The van der Waals surface area contributed by atoms with Crippen molar-refractivity contribution in [1.29, 1.82) is 0 Å². The molecule has 2 aliphatic rings. The molecule has 0 spiro atoms. The van der Waals surface area contributed by atoms with Crippen molar-refractivity contribution in [2.24, 2.45) is 0 Å². The van der Waals surface area contributed by atoms with Gasteiger partial charge in [-0.2, -0.15) is 4.98 Å². The molecule has 0 bridgehead atoms. The summed E-state index contributed by atoms with van der Waals surface area (Å²) in [5.41, 5.74) is 2.96. The smallest absolute Gasteiger partial charge is 0.349 e. The Balaban J connectivity index is 1.87. The number of benzene rings is 2. The van der Waals surface area contributed by atoms with Crippen LogP contribution in [0.3, 0.4) is 0 Å². The monoisotopic (exact) mass is 410 g/mol. The molecule has 1 unspecified atom stereocenters. The zero-order chi connectivity index (χ0) is 20.7. The van der Waals surface area contributed by atoms with Crippen LogP contribution in [0.25, 0.3) is 22.6 Å². The molecule has 4 rings (SSSR count). The van der Waals surface area contributed by atoms with E-state index in [0.717, 1.165) is 16.7 Å². The lowest BCUT2D eigenvalue weighted by molar-refractivity contribution is 0.156. The number of aromatic amines is 1. The van der Waals surface area contributed by atoms with Gasteiger partial charge >= 0.3 is 5.69 Å². The summed E-state index contributed by atoms with van der Waals surface area (Å²) < 4.78 is 1.69. The van der Waals surface area contributed by atoms with Crippen molar-refractivity contribution in [2.45, 2.75) is 32.9 Å². The Bertz CT molecular complexity index is 1310. The van der Waals surface area contributed by atoms with Crippen molar-refractivity contribution in [1.82, 2.24) is 19.5 Å². The van der Waals surface area contributed by atoms with E-state index in [1.807, 2.05) is 38.1 Å². The minimum atomic E-state index is -0.787. The Kier molecular flexibility index (Phi) is 4.94. The molecule has 1 atom stereocenters. The largest absolute Gasteiger partial charge is 0.391 e. The van der Waals surface area contributed by atoms with E-state index in [1.165, 1.54) is 0 Å². The molecule has 0 radical (unpaired) electrons. The van der Waals surface area contributed by atoms with Crippen molar-refractivity contribution >= 4 is 22.6 Å². The van der Waals surface area contributed by atoms with E-state index >= 15 is 0 Å². The summed E-state index contributed by atoms with van der Waals surface area (Å²) in [6.07, 6.45) is -0.429. The number of nitrogens with zero attached hydrogens (tertiary/aromatic N) is 3. The van der Waals surface area contributed by atoms with Crippen LogP contribution in [0.2, 0.25) is 5.02 Å². The third-order valence-electron chi connectivity index (χ3n) is 4.98. The molecule has 2 aromatic carbocycles. The first-order valence-electron chi connectivity index (χ1n) is 9.16. The average Bonchev–Trinajstić information content (AvgIpc) is 2.64. The van der Waals surface area contributed by atoms with E-state index in [2.05, 4.69) is 15.0 Å². The number of rotatable bonds is 4. The van der Waals surface area contributed by atoms with Crippen LogP contribution in [0.4, 0.5) is 0 Å². The molecule has 2 aromatic rings. The van der Waals surface area contributed by atoms with Gasteiger partial charge in [-0.25, -0.2) is 9.78 Å². The van der Waals surface area contributed by atoms with Crippen LogP contribution >= 0.6 is 11.6 Å². The minimum absolute atomic E-state index is 0.0651. The van der Waals surface area contributed by atoms with Gasteiger partial charge in [0.1, 0.15) is 0 Å². The molecule has 0 aliphatic carbocycles. The molecule has 0 saturated heterocycles. The van der Waals surface area contributed by atoms with Crippen LogP contribution < -0.4 is 11.2 Å². The van der Waals surface area contributed by atoms with Gasteiger partial charge in [0.15, 0.2) is 11.5 Å². The Hall–Kier alpha value is -3.03. The van der Waals surface area contributed by atoms with Gasteiger partial charge < -0.3 is 9.67 Å². The van der Waals surface area contributed by atoms with Gasteiger partial charge in [-0.05, 0) is 54.8 Å². The van der Waals surface area contributed by atoms with Crippen LogP contribution in [0, 0.1) is 13.8 Å². The van der Waals surface area contributed by atoms with Crippen LogP contribution in [0.15, 0.2) is 46.0 Å². The van der Waals surface area contributed by atoms with Gasteiger partial charge in [-0.1, -0.05) is 23.7 Å². The predicted octanol–water partition coefficient (Wildman–Crippen LogP) is 2.46. The first-order chi connectivity index (χ1) is 13.8. The van der Waals surface area contributed by atoms with Gasteiger partial charge in [-0.15, -0.1) is 0 Å². The number of aliphatic hydroxyl groups is 1. The topological polar surface area (TPSA) is 101 Å². The number of fused-ring (bicyclic) bond motifs is 2. The molecule has 7 nitrogen and oxygen atoms in total. The third kappa shape index (κ3) is 3.79. The van der Waals surface area contributed by atoms with E-state index in [1.54, 1.807) is 16.7 Å². The van der Waals surface area contributed by atoms with Crippen LogP contribution in [-0.2, 0) is 13.0 Å². The number of hydrogen-bond donors (Lipinski definition) is 2. The Morgan fingerprint density at radius 1 is 1.14 bits per heavy atom. The highest BCUT2D eigenvalue weighted by Crippen LogP contribution is 2.24. The number of nitrogens with one attached hydrogen (secondary N) is 1. The molecule has 2 aliphatic heterocycles. The fourth-order valence-electron chi connectivity index (χ4n) is 3.45. The molecule has 0 aromatic heterocycles. The fourth-order valence-corrected chi connectivity index (χ4v) is 3.66. The summed E-state index contributed by atoms with van der Waals surface area (Å²) in [6.45, 7) is 4.07. The molecule has 8 heteroatoms. The lowest BCUT2D eigenvalue weighted by Gasteiger charge is -2.20. The first-order valence-corrected chi connectivity index (χ1v) is 9.54. The Labute approximate surface area is 171 Å². The van der Waals surface area contributed by atoms with Gasteiger partial charge in [0.2, 0.25) is 0 Å². The summed E-state index contributed by atoms with van der Waals surface area (Å²) in [6, 6.07) is 11.1. The molecule has 2 N–H and O–H groups in total. The predicted molar refractivity (Wildman–Crippen MR) is 112 cm³/mol. The highest BCUT2D eigenvalue weighted by atomic mass is 35.5. The zero-order valence-electron chi connectivity index (χ0n) is 15.9. The molecule has 148 valence electrons. The van der Waals surface area contributed by atoms with E-state index in [-0.39, 0.29) is 18.1 Å². The molecule has 0 fully saturated rings. The summed E-state index contributed by atoms with van der Waals surface area (Å²) in [5.74, 6) is 0.152. The summed E-state index contributed by atoms with van der Waals surface area (Å²) >= 11 is 6.03. The normalized spacial score (nSPS) is 12.6. The van der Waals surface area contributed by atoms with E-state index in [4.69, 9.17) is 11.6 Å². The molecule has 0 saturated carbocycles. The number of aryl methyl sites for hydroxylation is 2. The molecule has 2 heterocycles. The highest BCUT2D eigenvalue weighted by molar-refractivity contribution is 6.30. The van der Waals surface area contributed by atoms with Gasteiger partial charge in [0.25, 0.3) is 5.56 Å². The van der Waals surface area contributed by atoms with Gasteiger partial charge in [-0.3, -0.25) is 9.78 Å². The first kappa shape index (κ1) is 19.3. The summed E-state index contributed by atoms with van der Waals surface area (Å²) in [7, 11) is 0.